The van der Waals surface area contributed by atoms with Crippen molar-refractivity contribution < 1.29 is 0 Å². The molecule has 26 heavy (non-hydrogen) atoms. The van der Waals surface area contributed by atoms with Crippen molar-refractivity contribution in [1.82, 2.24) is 10.4 Å². The molecular weight excluding hydrogens is 318 g/mol. The minimum atomic E-state index is 0.499. The monoisotopic (exact) mass is 357 g/mol. The van der Waals surface area contributed by atoms with Gasteiger partial charge < -0.3 is 9.91 Å². The molecule has 1 spiro atoms. The van der Waals surface area contributed by atoms with Crippen LogP contribution in [0, 0.1) is 0 Å². The van der Waals surface area contributed by atoms with E-state index >= 15 is 0 Å². The summed E-state index contributed by atoms with van der Waals surface area (Å²) in [6, 6.07) is 7.00. The molecule has 1 saturated carbocycles. The molecule has 3 heteroatoms. The lowest BCUT2D eigenvalue weighted by Gasteiger charge is -2.12. The first kappa shape index (κ1) is 20.8. The molecule has 146 valence electrons. The van der Waals surface area contributed by atoms with Gasteiger partial charge in [0.2, 0.25) is 0 Å². The predicted molar refractivity (Wildman–Crippen MR) is 116 cm³/mol. The normalized spacial score (nSPS) is 18.6. The fourth-order valence-corrected chi connectivity index (χ4v) is 3.91. The van der Waals surface area contributed by atoms with E-state index in [0.717, 1.165) is 6.54 Å². The quantitative estimate of drug-likeness (QED) is 0.711. The summed E-state index contributed by atoms with van der Waals surface area (Å²) >= 11 is 0. The zero-order chi connectivity index (χ0) is 19.2. The number of rotatable bonds is 4. The van der Waals surface area contributed by atoms with Crippen molar-refractivity contribution in [2.45, 2.75) is 71.6 Å². The van der Waals surface area contributed by atoms with Gasteiger partial charge in [-0.2, -0.15) is 0 Å². The van der Waals surface area contributed by atoms with Gasteiger partial charge in [0.15, 0.2) is 0 Å². The third-order valence-electron chi connectivity index (χ3n) is 5.57. The first-order valence-corrected chi connectivity index (χ1v) is 10.6. The summed E-state index contributed by atoms with van der Waals surface area (Å²) in [4.78, 5) is 2.42. The third-order valence-corrected chi connectivity index (χ3v) is 5.57. The summed E-state index contributed by atoms with van der Waals surface area (Å²) < 4.78 is 0. The van der Waals surface area contributed by atoms with Gasteiger partial charge in [-0.05, 0) is 41.7 Å². The molecule has 3 aliphatic rings. The fourth-order valence-electron chi connectivity index (χ4n) is 3.91. The first-order chi connectivity index (χ1) is 12.6. The number of hydrazine groups is 1. The molecule has 0 atom stereocenters. The molecule has 2 aliphatic heterocycles. The number of nitrogens with zero attached hydrogens (tertiary/aromatic N) is 2. The van der Waals surface area contributed by atoms with E-state index in [-0.39, 0.29) is 0 Å². The van der Waals surface area contributed by atoms with Crippen LogP contribution in [0.3, 0.4) is 0 Å². The number of unbranched alkanes of at least 4 members (excludes halogenated alkanes) is 3. The molecule has 0 saturated heterocycles. The van der Waals surface area contributed by atoms with Crippen molar-refractivity contribution >= 4 is 11.3 Å². The van der Waals surface area contributed by atoms with Gasteiger partial charge in [-0.3, -0.25) is 0 Å². The van der Waals surface area contributed by atoms with Crippen LogP contribution >= 0.6 is 0 Å². The van der Waals surface area contributed by atoms with E-state index in [9.17, 15) is 0 Å². The highest BCUT2D eigenvalue weighted by atomic mass is 15.5. The van der Waals surface area contributed by atoms with Gasteiger partial charge in [-0.25, -0.2) is 5.43 Å². The number of fused-ring (bicyclic) bond motifs is 2. The van der Waals surface area contributed by atoms with Crippen molar-refractivity contribution in [2.24, 2.45) is 0 Å². The van der Waals surface area contributed by atoms with E-state index < -0.39 is 0 Å². The fraction of sp³-hybridized carbons (Fsp3) is 0.652. The molecule has 1 aromatic rings. The number of nitrogens with one attached hydrogen (secondary N) is 1. The van der Waals surface area contributed by atoms with Gasteiger partial charge in [0.05, 0.1) is 0 Å². The Kier molecular flexibility index (Phi) is 7.57. The van der Waals surface area contributed by atoms with Crippen molar-refractivity contribution in [3.8, 4) is 0 Å². The molecular formula is C23H39N3. The topological polar surface area (TPSA) is 18.5 Å². The lowest BCUT2D eigenvalue weighted by Crippen LogP contribution is -2.23. The van der Waals surface area contributed by atoms with Gasteiger partial charge in [0.1, 0.15) is 0 Å². The highest BCUT2D eigenvalue weighted by Crippen LogP contribution is 2.56. The van der Waals surface area contributed by atoms with Crippen molar-refractivity contribution in [3.05, 3.63) is 35.5 Å². The van der Waals surface area contributed by atoms with Crippen LogP contribution in [0.2, 0.25) is 0 Å². The van der Waals surface area contributed by atoms with E-state index in [4.69, 9.17) is 0 Å². The molecule has 0 unspecified atom stereocenters. The van der Waals surface area contributed by atoms with Gasteiger partial charge in [0, 0.05) is 44.5 Å². The highest BCUT2D eigenvalue weighted by molar-refractivity contribution is 5.74. The van der Waals surface area contributed by atoms with Crippen LogP contribution in [0.5, 0.6) is 0 Å². The Labute approximate surface area is 161 Å². The van der Waals surface area contributed by atoms with E-state index in [1.54, 1.807) is 5.56 Å². The molecule has 1 aliphatic carbocycles. The number of likely N-dealkylation sites (N-methyl/N-ethyl adjacent to an activating group) is 1. The lowest BCUT2D eigenvalue weighted by atomic mass is 9.94. The molecule has 1 fully saturated rings. The molecule has 0 amide bonds. The van der Waals surface area contributed by atoms with E-state index in [1.165, 1.54) is 61.9 Å². The summed E-state index contributed by atoms with van der Waals surface area (Å²) in [6.45, 7) is 10.6. The Bertz CT molecular complexity index is 597. The van der Waals surface area contributed by atoms with Gasteiger partial charge in [-0.1, -0.05) is 59.4 Å². The molecule has 1 aromatic carbocycles. The van der Waals surface area contributed by atoms with Crippen LogP contribution in [0.1, 0.15) is 77.3 Å². The van der Waals surface area contributed by atoms with E-state index in [0.29, 0.717) is 5.41 Å². The zero-order valence-electron chi connectivity index (χ0n) is 17.9. The first-order valence-electron chi connectivity index (χ1n) is 10.6. The Morgan fingerprint density at radius 3 is 2.19 bits per heavy atom. The highest BCUT2D eigenvalue weighted by Gasteiger charge is 2.50. The predicted octanol–water partition coefficient (Wildman–Crippen LogP) is 5.57. The summed E-state index contributed by atoms with van der Waals surface area (Å²) in [5.74, 6) is 0. The number of benzene rings is 1. The largest absolute Gasteiger partial charge is 0.373 e. The summed E-state index contributed by atoms with van der Waals surface area (Å²) in [7, 11) is 4.27. The molecule has 0 aromatic heterocycles. The standard InChI is InChI=1S/C15H19N3.C6H14.C2H6/c1-17-10-15(5-6-15)13-7-11(3-4-14(13)17)12-8-16-18(2)9-12;1-3-5-6-4-2;1-2/h3-4,7,9,16H,5-6,8,10H2,1-2H3;3-6H2,1-2H3;1-2H3. The second kappa shape index (κ2) is 9.45. The van der Waals surface area contributed by atoms with Gasteiger partial charge in [-0.15, -0.1) is 0 Å². The van der Waals surface area contributed by atoms with Gasteiger partial charge in [0.25, 0.3) is 0 Å². The third kappa shape index (κ3) is 4.62. The van der Waals surface area contributed by atoms with E-state index in [2.05, 4.69) is 62.7 Å². The van der Waals surface area contributed by atoms with Crippen LogP contribution in [-0.4, -0.2) is 32.2 Å². The van der Waals surface area contributed by atoms with Crippen molar-refractivity contribution in [1.29, 1.82) is 0 Å². The van der Waals surface area contributed by atoms with Crippen LogP contribution in [0.4, 0.5) is 5.69 Å². The summed E-state index contributed by atoms with van der Waals surface area (Å²) in [5.41, 5.74) is 9.61. The maximum atomic E-state index is 3.31. The minimum Gasteiger partial charge on any atom is -0.373 e. The average Bonchev–Trinajstić information content (AvgIpc) is 3.23. The Balaban J connectivity index is 0.000000262. The summed E-state index contributed by atoms with van der Waals surface area (Å²) in [5, 5.41) is 2.04. The maximum absolute atomic E-state index is 3.31. The second-order valence-corrected chi connectivity index (χ2v) is 7.68. The van der Waals surface area contributed by atoms with Gasteiger partial charge >= 0.3 is 0 Å². The van der Waals surface area contributed by atoms with E-state index in [1.807, 2.05) is 18.9 Å². The van der Waals surface area contributed by atoms with Crippen LogP contribution in [0.25, 0.3) is 5.57 Å². The van der Waals surface area contributed by atoms with Crippen LogP contribution in [-0.2, 0) is 5.41 Å². The Morgan fingerprint density at radius 2 is 1.69 bits per heavy atom. The minimum absolute atomic E-state index is 0.499. The van der Waals surface area contributed by atoms with Crippen LogP contribution < -0.4 is 10.3 Å². The number of hydrogen-bond donors (Lipinski definition) is 1. The Hall–Kier alpha value is -1.48. The van der Waals surface area contributed by atoms with Crippen molar-refractivity contribution in [3.63, 3.8) is 0 Å². The average molecular weight is 358 g/mol. The molecule has 0 bridgehead atoms. The van der Waals surface area contributed by atoms with Crippen LogP contribution in [0.15, 0.2) is 24.4 Å². The second-order valence-electron chi connectivity index (χ2n) is 7.68. The SMILES string of the molecule is CC.CCCCCC.CN1C=C(c2ccc3c(c2)C2(CC2)CN3C)CN1. The molecule has 0 radical (unpaired) electrons. The smallest absolute Gasteiger partial charge is 0.0421 e. The number of anilines is 1. The molecule has 1 N–H and O–H groups in total. The summed E-state index contributed by atoms with van der Waals surface area (Å²) in [6.07, 6.45) is 10.5. The molecule has 4 rings (SSSR count). The Morgan fingerprint density at radius 1 is 1.04 bits per heavy atom. The molecule has 2 heterocycles. The van der Waals surface area contributed by atoms with Crippen molar-refractivity contribution in [2.75, 3.05) is 32.1 Å². The lowest BCUT2D eigenvalue weighted by molar-refractivity contribution is 0.374. The number of hydrogen-bond acceptors (Lipinski definition) is 3. The molecule has 3 nitrogen and oxygen atoms in total. The maximum Gasteiger partial charge on any atom is 0.0421 e. The zero-order valence-corrected chi connectivity index (χ0v) is 17.9.